The van der Waals surface area contributed by atoms with E-state index in [9.17, 15) is 39.2 Å². The number of carbonyl (C=O) groups excluding carboxylic acids is 1. The van der Waals surface area contributed by atoms with Gasteiger partial charge in [-0.25, -0.2) is 25.5 Å². The van der Waals surface area contributed by atoms with Crippen LogP contribution in [0.3, 0.4) is 0 Å². The quantitative estimate of drug-likeness (QED) is 0.315. The van der Waals surface area contributed by atoms with Gasteiger partial charge in [-0.1, -0.05) is 23.7 Å². The summed E-state index contributed by atoms with van der Waals surface area (Å²) in [7, 11) is -5.34. The summed E-state index contributed by atoms with van der Waals surface area (Å²) in [6, 6.07) is 6.33. The van der Waals surface area contributed by atoms with E-state index in [-0.39, 0.29) is 37.6 Å². The van der Waals surface area contributed by atoms with Gasteiger partial charge in [-0.15, -0.1) is 13.2 Å². The van der Waals surface area contributed by atoms with E-state index in [1.54, 1.807) is 12.1 Å². The molecular formula is C26H29ClF4N4O6S2. The van der Waals surface area contributed by atoms with Crippen LogP contribution in [-0.2, 0) is 31.4 Å². The Labute approximate surface area is 252 Å². The van der Waals surface area contributed by atoms with Crippen molar-refractivity contribution in [2.75, 3.05) is 46.5 Å². The molecule has 1 amide bonds. The lowest BCUT2D eigenvalue weighted by Gasteiger charge is -2.52. The number of benzene rings is 2. The number of fused-ring (bicyclic) bond motifs is 2. The van der Waals surface area contributed by atoms with Crippen molar-refractivity contribution in [3.05, 3.63) is 64.4 Å². The summed E-state index contributed by atoms with van der Waals surface area (Å²) < 4.78 is 109. The first kappa shape index (κ1) is 33.1. The number of sulfonamides is 2. The predicted molar refractivity (Wildman–Crippen MR) is 151 cm³/mol. The van der Waals surface area contributed by atoms with Crippen LogP contribution in [0, 0.1) is 5.82 Å². The van der Waals surface area contributed by atoms with E-state index in [0.29, 0.717) is 6.54 Å². The zero-order chi connectivity index (χ0) is 31.9. The van der Waals surface area contributed by atoms with E-state index in [1.807, 2.05) is 4.90 Å². The molecule has 2 aromatic carbocycles. The van der Waals surface area contributed by atoms with E-state index in [4.69, 9.17) is 11.6 Å². The molecular weight excluding hydrogens is 640 g/mol. The second-order valence-electron chi connectivity index (χ2n) is 10.4. The van der Waals surface area contributed by atoms with E-state index >= 15 is 0 Å². The molecule has 0 aliphatic carbocycles. The second-order valence-corrected chi connectivity index (χ2v) is 15.0. The first-order chi connectivity index (χ1) is 19.8. The normalized spacial score (nSPS) is 20.6. The van der Waals surface area contributed by atoms with Crippen molar-refractivity contribution in [2.24, 2.45) is 0 Å². The van der Waals surface area contributed by atoms with Crippen molar-refractivity contribution in [1.29, 1.82) is 0 Å². The number of hydrogen-bond acceptors (Lipinski definition) is 7. The molecule has 2 saturated heterocycles. The Bertz CT molecular complexity index is 1600. The molecule has 2 unspecified atom stereocenters. The molecule has 2 aromatic rings. The van der Waals surface area contributed by atoms with Crippen LogP contribution in [0.1, 0.15) is 11.1 Å². The summed E-state index contributed by atoms with van der Waals surface area (Å²) in [6.45, 7) is 0.996. The summed E-state index contributed by atoms with van der Waals surface area (Å²) in [4.78, 5) is 16.6. The third kappa shape index (κ3) is 7.85. The Morgan fingerprint density at radius 2 is 1.63 bits per heavy atom. The molecule has 17 heteroatoms. The number of amides is 1. The van der Waals surface area contributed by atoms with Crippen LogP contribution < -0.4 is 4.74 Å². The Hall–Kier alpha value is -2.76. The van der Waals surface area contributed by atoms with Crippen LogP contribution in [0.15, 0.2) is 47.4 Å². The summed E-state index contributed by atoms with van der Waals surface area (Å²) >= 11 is 5.91. The molecule has 2 fully saturated rings. The maximum absolute atomic E-state index is 13.5. The maximum atomic E-state index is 13.5. The largest absolute Gasteiger partial charge is 0.573 e. The molecule has 2 aliphatic rings. The number of rotatable bonds is 8. The van der Waals surface area contributed by atoms with Gasteiger partial charge >= 0.3 is 6.36 Å². The van der Waals surface area contributed by atoms with Crippen LogP contribution in [0.5, 0.6) is 5.75 Å². The summed E-state index contributed by atoms with van der Waals surface area (Å²) in [5.74, 6) is -1.83. The van der Waals surface area contributed by atoms with Crippen molar-refractivity contribution in [3.8, 4) is 5.75 Å². The lowest BCUT2D eigenvalue weighted by molar-refractivity contribution is -0.274. The zero-order valence-corrected chi connectivity index (χ0v) is 25.6. The zero-order valence-electron chi connectivity index (χ0n) is 23.3. The lowest BCUT2D eigenvalue weighted by Crippen LogP contribution is -2.69. The number of halogens is 5. The summed E-state index contributed by atoms with van der Waals surface area (Å²) in [6.07, 6.45) is -1.95. The molecule has 43 heavy (non-hydrogen) atoms. The van der Waals surface area contributed by atoms with Gasteiger partial charge in [0.2, 0.25) is 26.0 Å². The first-order valence-corrected chi connectivity index (χ1v) is 16.5. The number of carbonyl (C=O) groups is 1. The minimum atomic E-state index is -5.11. The van der Waals surface area contributed by atoms with Crippen molar-refractivity contribution < 1.29 is 43.9 Å². The van der Waals surface area contributed by atoms with Gasteiger partial charge < -0.3 is 9.64 Å². The van der Waals surface area contributed by atoms with E-state index in [0.717, 1.165) is 40.4 Å². The van der Waals surface area contributed by atoms with Crippen LogP contribution in [0.4, 0.5) is 17.6 Å². The number of alkyl halides is 3. The molecule has 4 rings (SSSR count). The molecule has 0 saturated carbocycles. The highest BCUT2D eigenvalue weighted by Gasteiger charge is 2.44. The fourth-order valence-corrected chi connectivity index (χ4v) is 7.38. The van der Waals surface area contributed by atoms with Crippen molar-refractivity contribution in [3.63, 3.8) is 0 Å². The minimum Gasteiger partial charge on any atom is -0.404 e. The first-order valence-electron chi connectivity index (χ1n) is 12.8. The maximum Gasteiger partial charge on any atom is 0.573 e. The number of nitrogens with zero attached hydrogens (tertiary/aromatic N) is 4. The standard InChI is InChI=1S/C26H29ClF4N4O6S2/c1-32(2)43(39,40)24-11-22(27)23(41-26(29,30)31)10-18(24)6-9-25(36)35-20-13-33(12-17-4-7-19(28)8-5-17)14-21(35)16-34(15-20)42(3,37)38/h4-11,20-21H,12-16H2,1-3H3/b9-6+. The molecule has 2 atom stereocenters. The van der Waals surface area contributed by atoms with E-state index in [2.05, 4.69) is 4.74 Å². The number of hydrogen-bond donors (Lipinski definition) is 0. The fourth-order valence-electron chi connectivity index (χ4n) is 5.14. The van der Waals surface area contributed by atoms with Crippen LogP contribution in [0.2, 0.25) is 5.02 Å². The van der Waals surface area contributed by atoms with Crippen LogP contribution in [-0.4, -0.2) is 106 Å². The van der Waals surface area contributed by atoms with E-state index < -0.39 is 60.1 Å². The SMILES string of the molecule is CN(C)S(=O)(=O)c1cc(Cl)c(OC(F)(F)F)cc1/C=C/C(=O)N1C2CN(Cc3ccc(F)cc3)CC1CN(S(C)(=O)=O)C2. The van der Waals surface area contributed by atoms with Crippen LogP contribution in [0.25, 0.3) is 6.08 Å². The third-order valence-corrected chi connectivity index (χ3v) is 10.5. The highest BCUT2D eigenvalue weighted by molar-refractivity contribution is 7.89. The number of piperazine rings is 2. The van der Waals surface area contributed by atoms with Gasteiger partial charge in [0.1, 0.15) is 11.6 Å². The van der Waals surface area contributed by atoms with Gasteiger partial charge in [-0.05, 0) is 41.5 Å². The minimum absolute atomic E-state index is 0.000391. The smallest absolute Gasteiger partial charge is 0.404 e. The average Bonchev–Trinajstić information content (AvgIpc) is 2.87. The fraction of sp³-hybridized carbons (Fsp3) is 0.423. The van der Waals surface area contributed by atoms with E-state index in [1.165, 1.54) is 35.4 Å². The Morgan fingerprint density at radius 3 is 2.14 bits per heavy atom. The van der Waals surface area contributed by atoms with Gasteiger partial charge in [0.25, 0.3) is 0 Å². The van der Waals surface area contributed by atoms with Crippen molar-refractivity contribution in [2.45, 2.75) is 29.9 Å². The van der Waals surface area contributed by atoms with Crippen molar-refractivity contribution in [1.82, 2.24) is 18.4 Å². The molecule has 0 aromatic heterocycles. The molecule has 0 spiro atoms. The second kappa shape index (κ2) is 12.3. The molecule has 236 valence electrons. The van der Waals surface area contributed by atoms with Gasteiger partial charge in [0, 0.05) is 52.9 Å². The molecule has 2 bridgehead atoms. The van der Waals surface area contributed by atoms with Crippen molar-refractivity contribution >= 4 is 43.6 Å². The third-order valence-electron chi connectivity index (χ3n) is 7.05. The molecule has 2 aliphatic heterocycles. The molecule has 0 radical (unpaired) electrons. The lowest BCUT2D eigenvalue weighted by atomic mass is 10.0. The average molecular weight is 669 g/mol. The molecule has 2 heterocycles. The number of ether oxygens (including phenoxy) is 1. The highest BCUT2D eigenvalue weighted by Crippen LogP contribution is 2.36. The topological polar surface area (TPSA) is 108 Å². The van der Waals surface area contributed by atoms with Crippen LogP contribution >= 0.6 is 11.6 Å². The predicted octanol–water partition coefficient (Wildman–Crippen LogP) is 3.00. The Morgan fingerprint density at radius 1 is 1.05 bits per heavy atom. The van der Waals surface area contributed by atoms with Gasteiger partial charge in [0.15, 0.2) is 0 Å². The summed E-state index contributed by atoms with van der Waals surface area (Å²) in [5, 5.41) is -0.603. The van der Waals surface area contributed by atoms with Gasteiger partial charge in [0.05, 0.1) is 28.3 Å². The Balaban J connectivity index is 1.65. The molecule has 0 N–H and O–H groups in total. The highest BCUT2D eigenvalue weighted by atomic mass is 35.5. The monoisotopic (exact) mass is 668 g/mol. The summed E-state index contributed by atoms with van der Waals surface area (Å²) in [5.41, 5.74) is 0.553. The van der Waals surface area contributed by atoms with Gasteiger partial charge in [-0.2, -0.15) is 4.31 Å². The van der Waals surface area contributed by atoms with Gasteiger partial charge in [-0.3, -0.25) is 9.69 Å². The molecule has 10 nitrogen and oxygen atoms in total. The Kier molecular flexibility index (Phi) is 9.50.